The van der Waals surface area contributed by atoms with Crippen molar-refractivity contribution in [2.24, 2.45) is 5.92 Å². The average molecular weight is 403 g/mol. The Balaban J connectivity index is 1.68. The molecule has 3 heterocycles. The molecule has 1 aromatic heterocycles. The quantitative estimate of drug-likeness (QED) is 0.772. The summed E-state index contributed by atoms with van der Waals surface area (Å²) in [6.07, 6.45) is -4.77. The minimum Gasteiger partial charge on any atom is -0.294 e. The van der Waals surface area contributed by atoms with E-state index < -0.39 is 18.8 Å². The van der Waals surface area contributed by atoms with Gasteiger partial charge in [-0.2, -0.15) is 23.4 Å². The zero-order valence-electron chi connectivity index (χ0n) is 15.9. The van der Waals surface area contributed by atoms with Gasteiger partial charge in [0.05, 0.1) is 30.1 Å². The van der Waals surface area contributed by atoms with Crippen LogP contribution in [0.4, 0.5) is 13.2 Å². The summed E-state index contributed by atoms with van der Waals surface area (Å²) in [5.74, 6) is 0.426. The van der Waals surface area contributed by atoms with Crippen molar-refractivity contribution in [2.75, 3.05) is 32.1 Å². The normalized spacial score (nSPS) is 32.0. The van der Waals surface area contributed by atoms with E-state index in [2.05, 4.69) is 22.0 Å². The molecule has 0 saturated carbocycles. The molecule has 9 heteroatoms. The summed E-state index contributed by atoms with van der Waals surface area (Å²) in [4.78, 5) is 3.63. The number of aromatic nitrogens is 2. The van der Waals surface area contributed by atoms with E-state index in [1.807, 2.05) is 26.0 Å². The minimum atomic E-state index is -4.23. The van der Waals surface area contributed by atoms with Gasteiger partial charge in [-0.05, 0) is 39.3 Å². The lowest BCUT2D eigenvalue weighted by atomic mass is 9.83. The third-order valence-corrected chi connectivity index (χ3v) is 7.24. The van der Waals surface area contributed by atoms with E-state index >= 15 is 0 Å². The van der Waals surface area contributed by atoms with Gasteiger partial charge in [-0.15, -0.1) is 11.8 Å². The first-order chi connectivity index (χ1) is 12.6. The molecule has 0 bridgehead atoms. The largest absolute Gasteiger partial charge is 0.401 e. The molecule has 3 unspecified atom stereocenters. The van der Waals surface area contributed by atoms with Crippen molar-refractivity contribution in [3.05, 3.63) is 23.5 Å². The smallest absolute Gasteiger partial charge is 0.294 e. The summed E-state index contributed by atoms with van der Waals surface area (Å²) in [7, 11) is 0. The second-order valence-corrected chi connectivity index (χ2v) is 9.37. The first-order valence-corrected chi connectivity index (χ1v) is 10.2. The van der Waals surface area contributed by atoms with Crippen LogP contribution in [0.1, 0.15) is 37.7 Å². The van der Waals surface area contributed by atoms with Crippen molar-refractivity contribution in [1.82, 2.24) is 20.0 Å². The lowest BCUT2D eigenvalue weighted by Crippen LogP contribution is -2.54. The Morgan fingerprint density at radius 1 is 1.37 bits per heavy atom. The maximum Gasteiger partial charge on any atom is 0.401 e. The van der Waals surface area contributed by atoms with E-state index in [9.17, 15) is 18.3 Å². The number of likely N-dealkylation sites (tertiary alicyclic amines) is 1. The predicted octanol–water partition coefficient (Wildman–Crippen LogP) is 3.29. The molecule has 1 radical (unpaired) electrons. The Hall–Kier alpha value is -0.900. The first kappa shape index (κ1) is 20.8. The molecule has 151 valence electrons. The highest BCUT2D eigenvalue weighted by molar-refractivity contribution is 8.00. The molecule has 0 amide bonds. The number of piperidine rings is 1. The van der Waals surface area contributed by atoms with Crippen LogP contribution >= 0.6 is 11.8 Å². The van der Waals surface area contributed by atoms with Crippen LogP contribution < -0.4 is 0 Å². The zero-order chi connectivity index (χ0) is 19.8. The average Bonchev–Trinajstić information content (AvgIpc) is 2.99. The van der Waals surface area contributed by atoms with Crippen molar-refractivity contribution in [1.29, 1.82) is 0 Å². The number of halogens is 3. The molecule has 0 aliphatic carbocycles. The van der Waals surface area contributed by atoms with Gasteiger partial charge in [-0.25, -0.2) is 5.11 Å². The fraction of sp³-hybridized carbons (Fsp3) is 0.778. The van der Waals surface area contributed by atoms with Gasteiger partial charge in [0.2, 0.25) is 0 Å². The Morgan fingerprint density at radius 2 is 2.11 bits per heavy atom. The van der Waals surface area contributed by atoms with Gasteiger partial charge in [0.15, 0.2) is 0 Å². The van der Waals surface area contributed by atoms with E-state index in [0.29, 0.717) is 6.54 Å². The van der Waals surface area contributed by atoms with Crippen LogP contribution in [0.25, 0.3) is 0 Å². The third kappa shape index (κ3) is 4.93. The van der Waals surface area contributed by atoms with E-state index in [1.54, 1.807) is 11.8 Å². The van der Waals surface area contributed by atoms with Crippen LogP contribution in [0.3, 0.4) is 0 Å². The summed E-state index contributed by atoms with van der Waals surface area (Å²) in [6.45, 7) is 6.13. The number of thioether (sulfide) groups is 1. The number of alkyl halides is 3. The fourth-order valence-corrected chi connectivity index (χ4v) is 5.47. The fourth-order valence-electron chi connectivity index (χ4n) is 4.00. The van der Waals surface area contributed by atoms with Crippen LogP contribution in [0.15, 0.2) is 12.1 Å². The first-order valence-electron chi connectivity index (χ1n) is 9.20. The molecule has 0 N–H and O–H groups in total. The van der Waals surface area contributed by atoms with Crippen molar-refractivity contribution < 1.29 is 18.3 Å². The van der Waals surface area contributed by atoms with Crippen molar-refractivity contribution in [3.8, 4) is 0 Å². The van der Waals surface area contributed by atoms with Crippen LogP contribution in [0.5, 0.6) is 0 Å². The van der Waals surface area contributed by atoms with Gasteiger partial charge >= 0.3 is 6.18 Å². The molecule has 0 spiro atoms. The molecular formula is C18H26F3N4OS. The highest BCUT2D eigenvalue weighted by atomic mass is 32.2. The summed E-state index contributed by atoms with van der Waals surface area (Å²) in [6, 6.07) is 3.92. The molecule has 3 rings (SSSR count). The lowest BCUT2D eigenvalue weighted by molar-refractivity contribution is -0.156. The summed E-state index contributed by atoms with van der Waals surface area (Å²) in [5.41, 5.74) is 1.72. The molecule has 1 aromatic rings. The lowest BCUT2D eigenvalue weighted by Gasteiger charge is -2.43. The van der Waals surface area contributed by atoms with E-state index in [0.717, 1.165) is 17.3 Å². The maximum absolute atomic E-state index is 12.8. The second-order valence-electron chi connectivity index (χ2n) is 7.89. The van der Waals surface area contributed by atoms with E-state index in [-0.39, 0.29) is 36.2 Å². The number of nitrogens with zero attached hydrogens (tertiary/aromatic N) is 4. The Labute approximate surface area is 162 Å². The van der Waals surface area contributed by atoms with Crippen LogP contribution in [0.2, 0.25) is 0 Å². The highest BCUT2D eigenvalue weighted by Crippen LogP contribution is 2.46. The van der Waals surface area contributed by atoms with Gasteiger partial charge in [-0.3, -0.25) is 9.80 Å². The third-order valence-electron chi connectivity index (χ3n) is 5.69. The number of aryl methyl sites for hydroxylation is 1. The molecule has 0 aromatic carbocycles. The second kappa shape index (κ2) is 7.85. The van der Waals surface area contributed by atoms with Gasteiger partial charge in [0.25, 0.3) is 0 Å². The zero-order valence-corrected chi connectivity index (χ0v) is 16.7. The van der Waals surface area contributed by atoms with E-state index in [4.69, 9.17) is 0 Å². The van der Waals surface area contributed by atoms with Crippen LogP contribution in [-0.4, -0.2) is 69.1 Å². The van der Waals surface area contributed by atoms with Crippen molar-refractivity contribution in [2.45, 2.75) is 50.3 Å². The maximum atomic E-state index is 12.8. The van der Waals surface area contributed by atoms with E-state index in [1.165, 1.54) is 4.90 Å². The van der Waals surface area contributed by atoms with Crippen molar-refractivity contribution >= 4 is 11.8 Å². The van der Waals surface area contributed by atoms with Gasteiger partial charge < -0.3 is 0 Å². The van der Waals surface area contributed by atoms with Crippen LogP contribution in [0, 0.1) is 12.8 Å². The molecule has 4 atom stereocenters. The number of rotatable bonds is 4. The van der Waals surface area contributed by atoms with Crippen molar-refractivity contribution in [3.63, 3.8) is 0 Å². The van der Waals surface area contributed by atoms with Crippen LogP contribution in [-0.2, 0) is 5.11 Å². The van der Waals surface area contributed by atoms with Gasteiger partial charge in [0, 0.05) is 36.2 Å². The predicted molar refractivity (Wildman–Crippen MR) is 97.8 cm³/mol. The SMILES string of the molecule is Cc1ccc([C@@H](C)N2CSC(C)(C3CN(CC(F)(F)F)CCC3[O])C2)nn1. The molecule has 5 nitrogen and oxygen atoms in total. The summed E-state index contributed by atoms with van der Waals surface area (Å²) < 4.78 is 38.0. The monoisotopic (exact) mass is 403 g/mol. The van der Waals surface area contributed by atoms with Gasteiger partial charge in [-0.1, -0.05) is 0 Å². The Bertz CT molecular complexity index is 644. The molecule has 2 aliphatic rings. The summed E-state index contributed by atoms with van der Waals surface area (Å²) >= 11 is 1.68. The standard InChI is InChI=1S/C18H26F3N4OS/c1-12-4-5-15(23-22-12)13(2)25-9-17(3,27-11-25)14-8-24(7-6-16(14)26)10-18(19,20)21/h4-5,13-14,16H,6-11H2,1-3H3/t13-,14?,16?,17?/m1/s1. The minimum absolute atomic E-state index is 0.0485. The highest BCUT2D eigenvalue weighted by Gasteiger charge is 2.49. The summed E-state index contributed by atoms with van der Waals surface area (Å²) in [5, 5.41) is 21.0. The molecule has 2 fully saturated rings. The molecular weight excluding hydrogens is 377 g/mol. The topological polar surface area (TPSA) is 52.2 Å². The molecule has 27 heavy (non-hydrogen) atoms. The Morgan fingerprint density at radius 3 is 2.74 bits per heavy atom. The molecule has 2 saturated heterocycles. The Kier molecular flexibility index (Phi) is 6.05. The molecule has 2 aliphatic heterocycles. The number of hydrogen-bond donors (Lipinski definition) is 0. The van der Waals surface area contributed by atoms with Gasteiger partial charge in [0.1, 0.15) is 0 Å². The number of hydrogen-bond acceptors (Lipinski definition) is 5.